The Balaban J connectivity index is 1.74. The van der Waals surface area contributed by atoms with Gasteiger partial charge in [0.15, 0.2) is 0 Å². The minimum atomic E-state index is -0.907. The van der Waals surface area contributed by atoms with E-state index in [4.69, 9.17) is 28.0 Å². The number of rotatable bonds is 4. The number of carbonyl (C=O) groups excluding carboxylic acids is 1. The van der Waals surface area contributed by atoms with Crippen LogP contribution in [-0.4, -0.2) is 27.2 Å². The van der Waals surface area contributed by atoms with Crippen LogP contribution in [0, 0.1) is 5.82 Å². The van der Waals surface area contributed by atoms with Crippen LogP contribution < -0.4 is 10.2 Å². The first-order valence-corrected chi connectivity index (χ1v) is 7.63. The summed E-state index contributed by atoms with van der Waals surface area (Å²) in [6.45, 7) is 1.53. The van der Waals surface area contributed by atoms with Crippen LogP contribution in [0.25, 0.3) is 11.0 Å². The van der Waals surface area contributed by atoms with Gasteiger partial charge in [0.05, 0.1) is 10.7 Å². The smallest absolute Gasteiger partial charge is 0.268 e. The third kappa shape index (κ3) is 3.42. The van der Waals surface area contributed by atoms with Crippen LogP contribution in [0.3, 0.4) is 0 Å². The number of hydrogen-bond donors (Lipinski definition) is 1. The van der Waals surface area contributed by atoms with Crippen LogP contribution in [0.1, 0.15) is 6.92 Å². The van der Waals surface area contributed by atoms with E-state index in [1.807, 2.05) is 0 Å². The zero-order valence-electron chi connectivity index (χ0n) is 12.3. The molecule has 0 aliphatic carbocycles. The van der Waals surface area contributed by atoms with Crippen molar-refractivity contribution >= 4 is 45.8 Å². The highest BCUT2D eigenvalue weighted by atomic mass is 35.5. The summed E-state index contributed by atoms with van der Waals surface area (Å²) in [6, 6.07) is 8.66. The molecule has 6 nitrogen and oxygen atoms in total. The number of aromatic nitrogens is 3. The number of carbonyl (C=O) groups is 1. The largest absolute Gasteiger partial charge is 0.382 e. The highest BCUT2D eigenvalue weighted by Crippen LogP contribution is 2.22. The number of fused-ring (bicyclic) bond motifs is 1. The van der Waals surface area contributed by atoms with Crippen LogP contribution in [0.15, 0.2) is 36.4 Å². The maximum atomic E-state index is 13.0. The summed E-state index contributed by atoms with van der Waals surface area (Å²) in [5.74, 6) is -0.970. The van der Waals surface area contributed by atoms with Gasteiger partial charge in [-0.25, -0.2) is 4.39 Å². The average Bonchev–Trinajstić information content (AvgIpc) is 2.92. The zero-order chi connectivity index (χ0) is 17.3. The number of halogens is 3. The second-order valence-electron chi connectivity index (χ2n) is 4.96. The summed E-state index contributed by atoms with van der Waals surface area (Å²) >= 11 is 11.8. The molecule has 124 valence electrons. The van der Waals surface area contributed by atoms with Gasteiger partial charge in [0.1, 0.15) is 16.9 Å². The Labute approximate surface area is 146 Å². The van der Waals surface area contributed by atoms with E-state index in [9.17, 15) is 9.18 Å². The molecule has 0 radical (unpaired) electrons. The summed E-state index contributed by atoms with van der Waals surface area (Å²) in [7, 11) is 0. The van der Waals surface area contributed by atoms with Crippen molar-refractivity contribution in [3.63, 3.8) is 0 Å². The number of nitrogens with zero attached hydrogens (tertiary/aromatic N) is 3. The van der Waals surface area contributed by atoms with Gasteiger partial charge in [-0.05, 0) is 48.5 Å². The van der Waals surface area contributed by atoms with Crippen molar-refractivity contribution in [2.75, 3.05) is 5.32 Å². The number of hydrogen-bond acceptors (Lipinski definition) is 4. The van der Waals surface area contributed by atoms with Gasteiger partial charge in [0, 0.05) is 5.02 Å². The standard InChI is InChI=1S/C15H11Cl2FN4O2/c1-8(15(23)19-12-5-3-10(18)7-11(12)17)24-22-14-6-9(16)2-4-13(14)20-21-22/h2-8H,1H3,(H,19,23)/t8-/m0/s1. The molecule has 24 heavy (non-hydrogen) atoms. The highest BCUT2D eigenvalue weighted by molar-refractivity contribution is 6.33. The predicted octanol–water partition coefficient (Wildman–Crippen LogP) is 3.33. The van der Waals surface area contributed by atoms with Crippen LogP contribution >= 0.6 is 23.2 Å². The van der Waals surface area contributed by atoms with Gasteiger partial charge >= 0.3 is 0 Å². The molecule has 0 aliphatic heterocycles. The van der Waals surface area contributed by atoms with Gasteiger partial charge in [-0.2, -0.15) is 0 Å². The first kappa shape index (κ1) is 16.5. The van der Waals surface area contributed by atoms with E-state index in [2.05, 4.69) is 15.6 Å². The molecular weight excluding hydrogens is 358 g/mol. The molecule has 0 saturated heterocycles. The maximum absolute atomic E-state index is 13.0. The Morgan fingerprint density at radius 3 is 2.83 bits per heavy atom. The molecular formula is C15H11Cl2FN4O2. The van der Waals surface area contributed by atoms with Gasteiger partial charge < -0.3 is 10.2 Å². The molecule has 0 bridgehead atoms. The number of amides is 1. The Morgan fingerprint density at radius 1 is 1.29 bits per heavy atom. The monoisotopic (exact) mass is 368 g/mol. The summed E-state index contributed by atoms with van der Waals surface area (Å²) < 4.78 is 13.0. The SMILES string of the molecule is C[C@H](On1nnc2ccc(Cl)cc21)C(=O)Nc1ccc(F)cc1Cl. The highest BCUT2D eigenvalue weighted by Gasteiger charge is 2.18. The quantitative estimate of drug-likeness (QED) is 0.766. The normalized spacial score (nSPS) is 12.2. The lowest BCUT2D eigenvalue weighted by atomic mass is 10.3. The van der Waals surface area contributed by atoms with E-state index in [-0.39, 0.29) is 10.7 Å². The van der Waals surface area contributed by atoms with Gasteiger partial charge in [-0.15, -0.1) is 5.10 Å². The zero-order valence-corrected chi connectivity index (χ0v) is 13.8. The molecule has 3 aromatic rings. The third-order valence-electron chi connectivity index (χ3n) is 3.19. The molecule has 1 amide bonds. The van der Waals surface area contributed by atoms with Crippen LogP contribution in [0.5, 0.6) is 0 Å². The second kappa shape index (κ2) is 6.62. The molecule has 1 aromatic heterocycles. The number of nitrogens with one attached hydrogen (secondary N) is 1. The first-order valence-electron chi connectivity index (χ1n) is 6.88. The molecule has 0 fully saturated rings. The van der Waals surface area contributed by atoms with Gasteiger partial charge in [-0.1, -0.05) is 28.0 Å². The van der Waals surface area contributed by atoms with Crippen LogP contribution in [0.2, 0.25) is 10.0 Å². The fraction of sp³-hybridized carbons (Fsp3) is 0.133. The molecule has 2 aromatic carbocycles. The van der Waals surface area contributed by atoms with E-state index < -0.39 is 17.8 Å². The molecule has 1 atom stereocenters. The van der Waals surface area contributed by atoms with E-state index in [1.165, 1.54) is 19.1 Å². The summed E-state index contributed by atoms with van der Waals surface area (Å²) in [5, 5.41) is 10.9. The van der Waals surface area contributed by atoms with Crippen LogP contribution in [0.4, 0.5) is 10.1 Å². The van der Waals surface area contributed by atoms with Gasteiger partial charge in [0.2, 0.25) is 6.10 Å². The molecule has 1 N–H and O–H groups in total. The lowest BCUT2D eigenvalue weighted by Crippen LogP contribution is -2.35. The van der Waals surface area contributed by atoms with E-state index in [0.717, 1.165) is 10.9 Å². The predicted molar refractivity (Wildman–Crippen MR) is 88.6 cm³/mol. The van der Waals surface area contributed by atoms with E-state index in [0.29, 0.717) is 16.1 Å². The van der Waals surface area contributed by atoms with Crippen molar-refractivity contribution in [3.05, 3.63) is 52.3 Å². The Bertz CT molecular complexity index is 916. The van der Waals surface area contributed by atoms with Gasteiger partial charge in [0.25, 0.3) is 5.91 Å². The van der Waals surface area contributed by atoms with Crippen molar-refractivity contribution in [2.24, 2.45) is 0 Å². The molecule has 0 unspecified atom stereocenters. The molecule has 0 saturated carbocycles. The maximum Gasteiger partial charge on any atom is 0.268 e. The Morgan fingerprint density at radius 2 is 2.08 bits per heavy atom. The van der Waals surface area contributed by atoms with E-state index in [1.54, 1.807) is 18.2 Å². The molecule has 1 heterocycles. The molecule has 0 aliphatic rings. The molecule has 3 rings (SSSR count). The average molecular weight is 369 g/mol. The fourth-order valence-electron chi connectivity index (χ4n) is 1.97. The van der Waals surface area contributed by atoms with Crippen molar-refractivity contribution in [2.45, 2.75) is 13.0 Å². The fourth-order valence-corrected chi connectivity index (χ4v) is 2.35. The summed E-state index contributed by atoms with van der Waals surface area (Å²) in [4.78, 5) is 18.8. The number of anilines is 1. The topological polar surface area (TPSA) is 69.0 Å². The lowest BCUT2D eigenvalue weighted by molar-refractivity contribution is -0.127. The summed E-state index contributed by atoms with van der Waals surface area (Å²) in [5.41, 5.74) is 1.39. The van der Waals surface area contributed by atoms with Gasteiger partial charge in [-0.3, -0.25) is 4.79 Å². The Hall–Kier alpha value is -2.38. The minimum absolute atomic E-state index is 0.0912. The minimum Gasteiger partial charge on any atom is -0.382 e. The third-order valence-corrected chi connectivity index (χ3v) is 3.74. The van der Waals surface area contributed by atoms with E-state index >= 15 is 0 Å². The lowest BCUT2D eigenvalue weighted by Gasteiger charge is -2.14. The molecule has 0 spiro atoms. The van der Waals surface area contributed by atoms with Crippen molar-refractivity contribution in [3.8, 4) is 0 Å². The number of benzene rings is 2. The first-order chi connectivity index (χ1) is 11.4. The second-order valence-corrected chi connectivity index (χ2v) is 5.80. The van der Waals surface area contributed by atoms with Crippen molar-refractivity contribution in [1.29, 1.82) is 0 Å². The van der Waals surface area contributed by atoms with Crippen molar-refractivity contribution < 1.29 is 14.0 Å². The molecule has 9 heteroatoms. The summed E-state index contributed by atoms with van der Waals surface area (Å²) in [6.07, 6.45) is -0.907. The Kier molecular flexibility index (Phi) is 4.55. The van der Waals surface area contributed by atoms with Crippen LogP contribution in [-0.2, 0) is 4.79 Å². The van der Waals surface area contributed by atoms with Crippen molar-refractivity contribution in [1.82, 2.24) is 15.2 Å².